The molecule has 0 saturated carbocycles. The van der Waals surface area contributed by atoms with Gasteiger partial charge in [-0.1, -0.05) is 33.3 Å². The SMILES string of the molecule is CC=N/C=C\C.CCC(C)C. The average molecular weight is 155 g/mol. The van der Waals surface area contributed by atoms with Gasteiger partial charge in [-0.15, -0.1) is 0 Å². The molecular formula is C10H21N. The molecule has 0 amide bonds. The van der Waals surface area contributed by atoms with Gasteiger partial charge in [-0.2, -0.15) is 0 Å². The van der Waals surface area contributed by atoms with E-state index in [-0.39, 0.29) is 0 Å². The Balaban J connectivity index is 0. The van der Waals surface area contributed by atoms with Crippen molar-refractivity contribution in [2.45, 2.75) is 41.0 Å². The lowest BCUT2D eigenvalue weighted by Crippen LogP contribution is -1.77. The molecule has 1 nitrogen and oxygen atoms in total. The molecule has 0 aromatic heterocycles. The molecule has 1 heteroatoms. The Morgan fingerprint density at radius 1 is 1.27 bits per heavy atom. The van der Waals surface area contributed by atoms with Crippen molar-refractivity contribution < 1.29 is 0 Å². The molecule has 0 aliphatic heterocycles. The first kappa shape index (κ1) is 13.0. The molecule has 0 bridgehead atoms. The van der Waals surface area contributed by atoms with Crippen LogP contribution < -0.4 is 0 Å². The molecule has 0 aromatic carbocycles. The van der Waals surface area contributed by atoms with E-state index in [1.807, 2.05) is 19.9 Å². The van der Waals surface area contributed by atoms with Crippen molar-refractivity contribution in [2.24, 2.45) is 10.9 Å². The first-order valence-electron chi connectivity index (χ1n) is 4.27. The van der Waals surface area contributed by atoms with Crippen LogP contribution in [0.3, 0.4) is 0 Å². The lowest BCUT2D eigenvalue weighted by molar-refractivity contribution is 0.626. The van der Waals surface area contributed by atoms with E-state index in [0.717, 1.165) is 5.92 Å². The molecule has 0 saturated heterocycles. The van der Waals surface area contributed by atoms with Crippen molar-refractivity contribution in [2.75, 3.05) is 0 Å². The number of hydrogen-bond donors (Lipinski definition) is 0. The standard InChI is InChI=1S/C5H9N.C5H12/c1-3-5-6-4-2;1-4-5(2)3/h3-5H,1-2H3;5H,4H2,1-3H3/b5-3-,6-4?;. The number of allylic oxidation sites excluding steroid dienone is 1. The summed E-state index contributed by atoms with van der Waals surface area (Å²) in [7, 11) is 0. The van der Waals surface area contributed by atoms with Crippen LogP contribution in [0, 0.1) is 5.92 Å². The predicted molar refractivity (Wildman–Crippen MR) is 54.1 cm³/mol. The topological polar surface area (TPSA) is 12.4 Å². The number of hydrogen-bond acceptors (Lipinski definition) is 1. The van der Waals surface area contributed by atoms with Crippen LogP contribution in [0.2, 0.25) is 0 Å². The fourth-order valence-electron chi connectivity index (χ4n) is 0.172. The van der Waals surface area contributed by atoms with Crippen LogP contribution >= 0.6 is 0 Å². The molecule has 66 valence electrons. The van der Waals surface area contributed by atoms with Gasteiger partial charge in [-0.3, -0.25) is 4.99 Å². The van der Waals surface area contributed by atoms with Gasteiger partial charge in [0.05, 0.1) is 0 Å². The molecule has 0 radical (unpaired) electrons. The number of aliphatic imine (C=N–C) groups is 1. The van der Waals surface area contributed by atoms with Gasteiger partial charge in [-0.05, 0) is 19.8 Å². The zero-order valence-corrected chi connectivity index (χ0v) is 8.46. The van der Waals surface area contributed by atoms with Crippen molar-refractivity contribution >= 4 is 6.21 Å². The van der Waals surface area contributed by atoms with Gasteiger partial charge in [0.1, 0.15) is 0 Å². The number of nitrogens with zero attached hydrogens (tertiary/aromatic N) is 1. The van der Waals surface area contributed by atoms with Crippen molar-refractivity contribution in [3.63, 3.8) is 0 Å². The maximum absolute atomic E-state index is 3.78. The van der Waals surface area contributed by atoms with Crippen molar-refractivity contribution in [3.8, 4) is 0 Å². The van der Waals surface area contributed by atoms with Crippen molar-refractivity contribution in [1.82, 2.24) is 0 Å². The second kappa shape index (κ2) is 12.1. The molecule has 0 aromatic rings. The molecule has 0 unspecified atom stereocenters. The third-order valence-electron chi connectivity index (χ3n) is 1.20. The van der Waals surface area contributed by atoms with Crippen LogP contribution in [0.25, 0.3) is 0 Å². The third kappa shape index (κ3) is 26.6. The Bertz CT molecular complexity index is 91.4. The number of rotatable bonds is 2. The molecule has 0 heterocycles. The van der Waals surface area contributed by atoms with Gasteiger partial charge in [-0.25, -0.2) is 0 Å². The monoisotopic (exact) mass is 155 g/mol. The molecule has 0 N–H and O–H groups in total. The summed E-state index contributed by atoms with van der Waals surface area (Å²) in [5.74, 6) is 0.884. The van der Waals surface area contributed by atoms with E-state index >= 15 is 0 Å². The van der Waals surface area contributed by atoms with Gasteiger partial charge < -0.3 is 0 Å². The highest BCUT2D eigenvalue weighted by Gasteiger charge is 1.80. The van der Waals surface area contributed by atoms with Crippen LogP contribution in [-0.4, -0.2) is 6.21 Å². The molecule has 0 aliphatic rings. The maximum atomic E-state index is 3.78. The van der Waals surface area contributed by atoms with E-state index in [9.17, 15) is 0 Å². The first-order valence-corrected chi connectivity index (χ1v) is 4.27. The molecule has 0 fully saturated rings. The van der Waals surface area contributed by atoms with Gasteiger partial charge in [0.15, 0.2) is 0 Å². The largest absolute Gasteiger partial charge is 0.270 e. The Morgan fingerprint density at radius 2 is 1.73 bits per heavy atom. The van der Waals surface area contributed by atoms with Crippen LogP contribution in [0.15, 0.2) is 17.3 Å². The summed E-state index contributed by atoms with van der Waals surface area (Å²) in [5.41, 5.74) is 0. The highest BCUT2D eigenvalue weighted by Crippen LogP contribution is 1.93. The minimum atomic E-state index is 0.884. The van der Waals surface area contributed by atoms with E-state index in [1.165, 1.54) is 6.42 Å². The fourth-order valence-corrected chi connectivity index (χ4v) is 0.172. The minimum Gasteiger partial charge on any atom is -0.270 e. The summed E-state index contributed by atoms with van der Waals surface area (Å²) in [6.07, 6.45) is 6.69. The Hall–Kier alpha value is -0.590. The van der Waals surface area contributed by atoms with E-state index < -0.39 is 0 Å². The minimum absolute atomic E-state index is 0.884. The second-order valence-corrected chi connectivity index (χ2v) is 2.69. The maximum Gasteiger partial charge on any atom is 0.0221 e. The zero-order chi connectivity index (χ0) is 9.11. The van der Waals surface area contributed by atoms with Gasteiger partial charge in [0.2, 0.25) is 0 Å². The molecule has 0 spiro atoms. The first-order chi connectivity index (χ1) is 5.18. The summed E-state index contributed by atoms with van der Waals surface area (Å²) >= 11 is 0. The Kier molecular flexibility index (Phi) is 14.4. The predicted octanol–water partition coefficient (Wildman–Crippen LogP) is 3.66. The summed E-state index contributed by atoms with van der Waals surface area (Å²) in [5, 5.41) is 0. The second-order valence-electron chi connectivity index (χ2n) is 2.69. The van der Waals surface area contributed by atoms with E-state index in [4.69, 9.17) is 0 Å². The fraction of sp³-hybridized carbons (Fsp3) is 0.700. The zero-order valence-electron chi connectivity index (χ0n) is 8.46. The summed E-state index contributed by atoms with van der Waals surface area (Å²) in [6.45, 7) is 10.5. The molecule has 0 aliphatic carbocycles. The van der Waals surface area contributed by atoms with Crippen LogP contribution in [0.5, 0.6) is 0 Å². The molecule has 0 rings (SSSR count). The highest BCUT2D eigenvalue weighted by molar-refractivity contribution is 5.54. The summed E-state index contributed by atoms with van der Waals surface area (Å²) in [6, 6.07) is 0. The third-order valence-corrected chi connectivity index (χ3v) is 1.20. The van der Waals surface area contributed by atoms with Crippen molar-refractivity contribution in [3.05, 3.63) is 12.3 Å². The normalized spacial score (nSPS) is 10.7. The van der Waals surface area contributed by atoms with Crippen LogP contribution in [-0.2, 0) is 0 Å². The van der Waals surface area contributed by atoms with Crippen LogP contribution in [0.4, 0.5) is 0 Å². The smallest absolute Gasteiger partial charge is 0.0221 e. The Labute approximate surface area is 71.2 Å². The molecule has 0 atom stereocenters. The van der Waals surface area contributed by atoms with E-state index in [0.29, 0.717) is 0 Å². The lowest BCUT2D eigenvalue weighted by atomic mass is 10.2. The van der Waals surface area contributed by atoms with E-state index in [1.54, 1.807) is 12.4 Å². The van der Waals surface area contributed by atoms with E-state index in [2.05, 4.69) is 25.8 Å². The molecular weight excluding hydrogens is 134 g/mol. The highest BCUT2D eigenvalue weighted by atomic mass is 14.6. The lowest BCUT2D eigenvalue weighted by Gasteiger charge is -1.90. The van der Waals surface area contributed by atoms with Gasteiger partial charge in [0, 0.05) is 12.4 Å². The Morgan fingerprint density at radius 3 is 1.82 bits per heavy atom. The van der Waals surface area contributed by atoms with Gasteiger partial charge in [0.25, 0.3) is 0 Å². The summed E-state index contributed by atoms with van der Waals surface area (Å²) in [4.78, 5) is 3.78. The van der Waals surface area contributed by atoms with Gasteiger partial charge >= 0.3 is 0 Å². The summed E-state index contributed by atoms with van der Waals surface area (Å²) < 4.78 is 0. The van der Waals surface area contributed by atoms with Crippen molar-refractivity contribution in [1.29, 1.82) is 0 Å². The quantitative estimate of drug-likeness (QED) is 0.540. The molecule has 11 heavy (non-hydrogen) atoms. The average Bonchev–Trinajstić information content (AvgIpc) is 2.02. The van der Waals surface area contributed by atoms with Crippen LogP contribution in [0.1, 0.15) is 41.0 Å².